The summed E-state index contributed by atoms with van der Waals surface area (Å²) in [7, 11) is 0. The molecule has 0 heterocycles. The molecule has 0 saturated heterocycles. The van der Waals surface area contributed by atoms with E-state index in [4.69, 9.17) is 0 Å². The minimum atomic E-state index is -0.108. The Morgan fingerprint density at radius 2 is 2.11 bits per heavy atom. The molecule has 2 heteroatoms. The van der Waals surface area contributed by atoms with E-state index < -0.39 is 0 Å². The molecule has 0 fully saturated rings. The van der Waals surface area contributed by atoms with Gasteiger partial charge < -0.3 is 0 Å². The van der Waals surface area contributed by atoms with Gasteiger partial charge in [0.15, 0.2) is 0 Å². The largest absolute Gasteiger partial charge is 0.285 e. The Hall–Kier alpha value is -0.970. The zero-order valence-corrected chi connectivity index (χ0v) is 5.99. The standard InChI is InChI=1S/C7H11NO/c1-6(2)4-5-8-7(3)9/h6H,1-3H3,(H,8,9). The fraction of sp³-hybridized carbons (Fsp3) is 0.571. The molecule has 0 aliphatic rings. The number of amides is 1. The van der Waals surface area contributed by atoms with Crippen LogP contribution in [0.4, 0.5) is 0 Å². The Morgan fingerprint density at radius 1 is 1.56 bits per heavy atom. The second kappa shape index (κ2) is 3.96. The number of rotatable bonds is 0. The van der Waals surface area contributed by atoms with Gasteiger partial charge in [-0.15, -0.1) is 0 Å². The molecule has 0 aromatic carbocycles. The van der Waals surface area contributed by atoms with Crippen LogP contribution in [0, 0.1) is 17.9 Å². The van der Waals surface area contributed by atoms with E-state index in [2.05, 4.69) is 17.3 Å². The van der Waals surface area contributed by atoms with E-state index in [9.17, 15) is 4.79 Å². The third-order valence-corrected chi connectivity index (χ3v) is 0.599. The number of nitrogens with one attached hydrogen (secondary N) is 1. The maximum atomic E-state index is 10.2. The third-order valence-electron chi connectivity index (χ3n) is 0.599. The lowest BCUT2D eigenvalue weighted by molar-refractivity contribution is -0.117. The maximum absolute atomic E-state index is 10.2. The lowest BCUT2D eigenvalue weighted by atomic mass is 10.2. The lowest BCUT2D eigenvalue weighted by Gasteiger charge is -1.87. The molecular weight excluding hydrogens is 114 g/mol. The van der Waals surface area contributed by atoms with Crippen molar-refractivity contribution in [2.45, 2.75) is 20.8 Å². The molecule has 0 radical (unpaired) electrons. The Kier molecular flexibility index (Phi) is 3.54. The molecule has 0 aliphatic carbocycles. The first kappa shape index (κ1) is 8.03. The smallest absolute Gasteiger partial charge is 0.228 e. The quantitative estimate of drug-likeness (QED) is 0.375. The molecule has 0 aromatic heterocycles. The van der Waals surface area contributed by atoms with Crippen LogP contribution in [-0.4, -0.2) is 5.91 Å². The first-order chi connectivity index (χ1) is 4.13. The van der Waals surface area contributed by atoms with Crippen molar-refractivity contribution >= 4 is 5.91 Å². The monoisotopic (exact) mass is 125 g/mol. The van der Waals surface area contributed by atoms with Crippen molar-refractivity contribution in [2.75, 3.05) is 0 Å². The van der Waals surface area contributed by atoms with Crippen LogP contribution in [0.1, 0.15) is 20.8 Å². The van der Waals surface area contributed by atoms with Crippen LogP contribution in [-0.2, 0) is 4.79 Å². The highest BCUT2D eigenvalue weighted by atomic mass is 16.1. The van der Waals surface area contributed by atoms with Crippen LogP contribution in [0.15, 0.2) is 0 Å². The number of carbonyl (C=O) groups excluding carboxylic acids is 1. The summed E-state index contributed by atoms with van der Waals surface area (Å²) in [5.41, 5.74) is 0. The molecule has 1 N–H and O–H groups in total. The highest BCUT2D eigenvalue weighted by molar-refractivity contribution is 5.74. The fourth-order valence-electron chi connectivity index (χ4n) is 0.268. The fourth-order valence-corrected chi connectivity index (χ4v) is 0.268. The highest BCUT2D eigenvalue weighted by Gasteiger charge is 1.82. The summed E-state index contributed by atoms with van der Waals surface area (Å²) in [6.45, 7) is 5.37. The molecule has 0 atom stereocenters. The Labute approximate surface area is 55.6 Å². The van der Waals surface area contributed by atoms with Gasteiger partial charge in [0.05, 0.1) is 0 Å². The molecule has 0 unspecified atom stereocenters. The molecule has 0 spiro atoms. The molecular formula is C7H11NO. The van der Waals surface area contributed by atoms with Crippen molar-refractivity contribution in [1.29, 1.82) is 0 Å². The van der Waals surface area contributed by atoms with E-state index in [1.54, 1.807) is 0 Å². The second-order valence-corrected chi connectivity index (χ2v) is 2.11. The molecule has 50 valence electrons. The topological polar surface area (TPSA) is 29.1 Å². The van der Waals surface area contributed by atoms with E-state index >= 15 is 0 Å². The van der Waals surface area contributed by atoms with E-state index in [1.807, 2.05) is 13.8 Å². The van der Waals surface area contributed by atoms with E-state index in [0.717, 1.165) is 0 Å². The summed E-state index contributed by atoms with van der Waals surface area (Å²) in [6.07, 6.45) is 0. The third kappa shape index (κ3) is 7.03. The summed E-state index contributed by atoms with van der Waals surface area (Å²) in [5, 5.41) is 2.38. The normalized spacial score (nSPS) is 8.00. The summed E-state index contributed by atoms with van der Waals surface area (Å²) >= 11 is 0. The summed E-state index contributed by atoms with van der Waals surface area (Å²) in [5.74, 6) is 3.00. The second-order valence-electron chi connectivity index (χ2n) is 2.11. The van der Waals surface area contributed by atoms with Crippen LogP contribution >= 0.6 is 0 Å². The molecule has 0 aliphatic heterocycles. The van der Waals surface area contributed by atoms with Crippen LogP contribution in [0.25, 0.3) is 0 Å². The van der Waals surface area contributed by atoms with Crippen LogP contribution in [0.5, 0.6) is 0 Å². The van der Waals surface area contributed by atoms with Crippen molar-refractivity contribution in [3.63, 3.8) is 0 Å². The zero-order valence-electron chi connectivity index (χ0n) is 5.99. The minimum absolute atomic E-state index is 0.108. The predicted molar refractivity (Wildman–Crippen MR) is 36.4 cm³/mol. The van der Waals surface area contributed by atoms with Gasteiger partial charge >= 0.3 is 0 Å². The summed E-state index contributed by atoms with van der Waals surface area (Å²) in [6, 6.07) is 2.53. The number of hydrogen-bond donors (Lipinski definition) is 1. The maximum Gasteiger partial charge on any atom is 0.228 e. The van der Waals surface area contributed by atoms with Crippen molar-refractivity contribution in [3.05, 3.63) is 0 Å². The highest BCUT2D eigenvalue weighted by Crippen LogP contribution is 1.83. The zero-order chi connectivity index (χ0) is 7.28. The first-order valence-electron chi connectivity index (χ1n) is 2.90. The molecule has 1 amide bonds. The van der Waals surface area contributed by atoms with Crippen molar-refractivity contribution in [2.24, 2.45) is 5.92 Å². The van der Waals surface area contributed by atoms with E-state index in [1.165, 1.54) is 6.92 Å². The molecule has 0 bridgehead atoms. The van der Waals surface area contributed by atoms with E-state index in [0.29, 0.717) is 5.92 Å². The Bertz CT molecular complexity index is 150. The summed E-state index contributed by atoms with van der Waals surface area (Å²) < 4.78 is 0. The Balaban J connectivity index is 3.50. The van der Waals surface area contributed by atoms with E-state index in [-0.39, 0.29) is 5.91 Å². The van der Waals surface area contributed by atoms with Gasteiger partial charge in [-0.25, -0.2) is 0 Å². The van der Waals surface area contributed by atoms with Crippen molar-refractivity contribution < 1.29 is 4.79 Å². The molecule has 0 rings (SSSR count). The molecule has 0 saturated carbocycles. The number of hydrogen-bond acceptors (Lipinski definition) is 1. The van der Waals surface area contributed by atoms with Gasteiger partial charge in [0, 0.05) is 18.9 Å². The Morgan fingerprint density at radius 3 is 2.44 bits per heavy atom. The average Bonchev–Trinajstić information content (AvgIpc) is 1.63. The first-order valence-corrected chi connectivity index (χ1v) is 2.90. The van der Waals surface area contributed by atoms with Crippen LogP contribution < -0.4 is 5.32 Å². The molecule has 9 heavy (non-hydrogen) atoms. The predicted octanol–water partition coefficient (Wildman–Crippen LogP) is 0.739. The van der Waals surface area contributed by atoms with Gasteiger partial charge in [0.1, 0.15) is 0 Å². The minimum Gasteiger partial charge on any atom is -0.285 e. The molecule has 0 aromatic rings. The van der Waals surface area contributed by atoms with Crippen molar-refractivity contribution in [1.82, 2.24) is 5.32 Å². The van der Waals surface area contributed by atoms with Gasteiger partial charge in [-0.2, -0.15) is 0 Å². The van der Waals surface area contributed by atoms with Crippen molar-refractivity contribution in [3.8, 4) is 12.0 Å². The average molecular weight is 125 g/mol. The number of carbonyl (C=O) groups is 1. The van der Waals surface area contributed by atoms with Crippen LogP contribution in [0.2, 0.25) is 0 Å². The lowest BCUT2D eigenvalue weighted by Crippen LogP contribution is -2.12. The van der Waals surface area contributed by atoms with Gasteiger partial charge in [0.25, 0.3) is 0 Å². The SMILES string of the molecule is CC(=O)NC#CC(C)C. The van der Waals surface area contributed by atoms with Gasteiger partial charge in [-0.1, -0.05) is 19.8 Å². The van der Waals surface area contributed by atoms with Gasteiger partial charge in [0.2, 0.25) is 5.91 Å². The van der Waals surface area contributed by atoms with Gasteiger partial charge in [-0.05, 0) is 0 Å². The van der Waals surface area contributed by atoms with Gasteiger partial charge in [-0.3, -0.25) is 10.1 Å². The molecule has 2 nitrogen and oxygen atoms in total. The summed E-state index contributed by atoms with van der Waals surface area (Å²) in [4.78, 5) is 10.2. The van der Waals surface area contributed by atoms with Crippen LogP contribution in [0.3, 0.4) is 0 Å².